The van der Waals surface area contributed by atoms with Gasteiger partial charge in [-0.3, -0.25) is 4.99 Å². The van der Waals surface area contributed by atoms with Crippen LogP contribution in [0.3, 0.4) is 0 Å². The number of aryl methyl sites for hydroxylation is 1. The van der Waals surface area contributed by atoms with Gasteiger partial charge in [-0.15, -0.1) is 29.3 Å². The monoisotopic (exact) mass is 263 g/mol. The summed E-state index contributed by atoms with van der Waals surface area (Å²) in [4.78, 5) is 6.43. The Bertz CT molecular complexity index is 573. The molecule has 0 aliphatic heterocycles. The van der Waals surface area contributed by atoms with E-state index < -0.39 is 0 Å². The molecular weight excluding hydrogens is 250 g/mol. The summed E-state index contributed by atoms with van der Waals surface area (Å²) in [7, 11) is 0. The minimum atomic E-state index is 0.620. The van der Waals surface area contributed by atoms with Gasteiger partial charge in [0.2, 0.25) is 4.80 Å². The zero-order chi connectivity index (χ0) is 12.1. The van der Waals surface area contributed by atoms with E-state index >= 15 is 0 Å². The van der Waals surface area contributed by atoms with E-state index in [-0.39, 0.29) is 0 Å². The summed E-state index contributed by atoms with van der Waals surface area (Å²) in [6.07, 6.45) is 3.64. The Morgan fingerprint density at radius 3 is 3.06 bits per heavy atom. The molecule has 0 unspecified atom stereocenters. The first kappa shape index (κ1) is 12.0. The molecule has 0 radical (unpaired) electrons. The molecule has 3 nitrogen and oxygen atoms in total. The third-order valence-corrected chi connectivity index (χ3v) is 3.83. The Kier molecular flexibility index (Phi) is 4.06. The predicted octanol–water partition coefficient (Wildman–Crippen LogP) is 2.89. The van der Waals surface area contributed by atoms with Crippen molar-refractivity contribution in [3.63, 3.8) is 0 Å². The second-order valence-corrected chi connectivity index (χ2v) is 5.18. The fraction of sp³-hybridized carbons (Fsp3) is 0.167. The average Bonchev–Trinajstić information content (AvgIpc) is 2.94. The standard InChI is InChI=1S/C12H13N3S2/c1-3-6-13-12-15(10(2)9-17-12)14-8-11-5-4-7-16-11/h3-5,7-9H,1,6H2,2H3/b13-12?,14-8+. The highest BCUT2D eigenvalue weighted by Crippen LogP contribution is 2.05. The molecule has 5 heteroatoms. The van der Waals surface area contributed by atoms with Crippen molar-refractivity contribution in [2.75, 3.05) is 6.54 Å². The Morgan fingerprint density at radius 2 is 2.35 bits per heavy atom. The van der Waals surface area contributed by atoms with Crippen LogP contribution < -0.4 is 4.80 Å². The summed E-state index contributed by atoms with van der Waals surface area (Å²) in [5.41, 5.74) is 1.09. The van der Waals surface area contributed by atoms with E-state index in [0.29, 0.717) is 6.54 Å². The van der Waals surface area contributed by atoms with Gasteiger partial charge in [0, 0.05) is 10.3 Å². The molecular formula is C12H13N3S2. The molecule has 0 bridgehead atoms. The van der Waals surface area contributed by atoms with Crippen molar-refractivity contribution in [3.05, 3.63) is 50.9 Å². The largest absolute Gasteiger partial charge is 0.253 e. The van der Waals surface area contributed by atoms with Crippen molar-refractivity contribution in [2.45, 2.75) is 6.92 Å². The van der Waals surface area contributed by atoms with Crippen LogP contribution in [0.4, 0.5) is 0 Å². The Hall–Kier alpha value is -1.46. The van der Waals surface area contributed by atoms with Crippen molar-refractivity contribution < 1.29 is 0 Å². The smallest absolute Gasteiger partial charge is 0.206 e. The highest BCUT2D eigenvalue weighted by atomic mass is 32.1. The maximum Gasteiger partial charge on any atom is 0.206 e. The van der Waals surface area contributed by atoms with E-state index in [2.05, 4.69) is 16.7 Å². The van der Waals surface area contributed by atoms with Crippen molar-refractivity contribution in [3.8, 4) is 0 Å². The molecule has 0 atom stereocenters. The molecule has 2 heterocycles. The van der Waals surface area contributed by atoms with Crippen molar-refractivity contribution >= 4 is 28.9 Å². The van der Waals surface area contributed by atoms with Crippen LogP contribution in [-0.4, -0.2) is 17.4 Å². The van der Waals surface area contributed by atoms with E-state index in [9.17, 15) is 0 Å². The van der Waals surface area contributed by atoms with Gasteiger partial charge in [0.15, 0.2) is 0 Å². The van der Waals surface area contributed by atoms with Gasteiger partial charge in [-0.2, -0.15) is 5.10 Å². The SMILES string of the molecule is C=CCN=c1scc(C)n1/N=C/c1cccs1. The molecule has 2 rings (SSSR count). The van der Waals surface area contributed by atoms with E-state index in [1.54, 1.807) is 28.7 Å². The van der Waals surface area contributed by atoms with Crippen LogP contribution in [-0.2, 0) is 0 Å². The maximum atomic E-state index is 4.45. The Labute approximate surface area is 108 Å². The lowest BCUT2D eigenvalue weighted by Gasteiger charge is -1.95. The van der Waals surface area contributed by atoms with E-state index in [4.69, 9.17) is 0 Å². The molecule has 0 aliphatic rings. The van der Waals surface area contributed by atoms with Gasteiger partial charge in [0.05, 0.1) is 18.5 Å². The molecule has 0 saturated carbocycles. The summed E-state index contributed by atoms with van der Waals surface area (Å²) < 4.78 is 1.86. The summed E-state index contributed by atoms with van der Waals surface area (Å²) in [6, 6.07) is 4.05. The first-order chi connectivity index (χ1) is 8.31. The second-order valence-electron chi connectivity index (χ2n) is 3.36. The van der Waals surface area contributed by atoms with Gasteiger partial charge < -0.3 is 0 Å². The van der Waals surface area contributed by atoms with Gasteiger partial charge in [-0.05, 0) is 18.4 Å². The van der Waals surface area contributed by atoms with Crippen molar-refractivity contribution in [1.29, 1.82) is 0 Å². The van der Waals surface area contributed by atoms with Gasteiger partial charge in [-0.1, -0.05) is 12.1 Å². The Morgan fingerprint density at radius 1 is 1.47 bits per heavy atom. The van der Waals surface area contributed by atoms with Gasteiger partial charge >= 0.3 is 0 Å². The van der Waals surface area contributed by atoms with Gasteiger partial charge in [-0.25, -0.2) is 4.68 Å². The molecule has 17 heavy (non-hydrogen) atoms. The van der Waals surface area contributed by atoms with Crippen LogP contribution in [0.1, 0.15) is 10.6 Å². The summed E-state index contributed by atoms with van der Waals surface area (Å²) in [6.45, 7) is 6.31. The van der Waals surface area contributed by atoms with Crippen LogP contribution in [0.15, 0.2) is 45.6 Å². The van der Waals surface area contributed by atoms with E-state index in [1.807, 2.05) is 40.7 Å². The zero-order valence-electron chi connectivity index (χ0n) is 9.54. The number of thiazole rings is 1. The molecule has 0 N–H and O–H groups in total. The third kappa shape index (κ3) is 3.01. The van der Waals surface area contributed by atoms with Crippen molar-refractivity contribution in [1.82, 2.24) is 4.68 Å². The molecule has 0 spiro atoms. The van der Waals surface area contributed by atoms with E-state index in [0.717, 1.165) is 15.4 Å². The molecule has 0 saturated heterocycles. The lowest BCUT2D eigenvalue weighted by Crippen LogP contribution is -2.12. The minimum Gasteiger partial charge on any atom is -0.253 e. The Balaban J connectivity index is 2.32. The molecule has 0 fully saturated rings. The predicted molar refractivity (Wildman–Crippen MR) is 75.0 cm³/mol. The van der Waals surface area contributed by atoms with Crippen molar-refractivity contribution in [2.24, 2.45) is 10.1 Å². The number of rotatable bonds is 4. The molecule has 2 aromatic heterocycles. The van der Waals surface area contributed by atoms with Crippen LogP contribution in [0.25, 0.3) is 0 Å². The normalized spacial score (nSPS) is 12.4. The van der Waals surface area contributed by atoms with Crippen LogP contribution in [0.5, 0.6) is 0 Å². The van der Waals surface area contributed by atoms with Crippen LogP contribution in [0, 0.1) is 6.92 Å². The molecule has 88 valence electrons. The quantitative estimate of drug-likeness (QED) is 0.600. The lowest BCUT2D eigenvalue weighted by atomic mass is 10.5. The van der Waals surface area contributed by atoms with Crippen LogP contribution >= 0.6 is 22.7 Å². The zero-order valence-corrected chi connectivity index (χ0v) is 11.2. The number of aromatic nitrogens is 1. The van der Waals surface area contributed by atoms with Gasteiger partial charge in [0.1, 0.15) is 0 Å². The topological polar surface area (TPSA) is 29.6 Å². The number of hydrogen-bond acceptors (Lipinski definition) is 4. The molecule has 0 aromatic carbocycles. The molecule has 2 aromatic rings. The maximum absolute atomic E-state index is 4.45. The fourth-order valence-corrected chi connectivity index (χ4v) is 2.65. The first-order valence-electron chi connectivity index (χ1n) is 5.17. The highest BCUT2D eigenvalue weighted by molar-refractivity contribution is 7.11. The number of nitrogens with zero attached hydrogens (tertiary/aromatic N) is 3. The summed E-state index contributed by atoms with van der Waals surface area (Å²) in [5, 5.41) is 8.53. The second kappa shape index (κ2) is 5.75. The average molecular weight is 263 g/mol. The lowest BCUT2D eigenvalue weighted by molar-refractivity contribution is 0.799. The highest BCUT2D eigenvalue weighted by Gasteiger charge is 1.98. The number of hydrogen-bond donors (Lipinski definition) is 0. The summed E-state index contributed by atoms with van der Waals surface area (Å²) >= 11 is 3.26. The summed E-state index contributed by atoms with van der Waals surface area (Å²) in [5.74, 6) is 0. The number of thiophene rings is 1. The fourth-order valence-electron chi connectivity index (χ4n) is 1.26. The van der Waals surface area contributed by atoms with Crippen LogP contribution in [0.2, 0.25) is 0 Å². The minimum absolute atomic E-state index is 0.620. The molecule has 0 amide bonds. The molecule has 0 aliphatic carbocycles. The van der Waals surface area contributed by atoms with E-state index in [1.165, 1.54) is 0 Å². The first-order valence-corrected chi connectivity index (χ1v) is 6.93. The van der Waals surface area contributed by atoms with Gasteiger partial charge in [0.25, 0.3) is 0 Å². The third-order valence-electron chi connectivity index (χ3n) is 2.05.